The lowest BCUT2D eigenvalue weighted by atomic mass is 9.84. The minimum Gasteiger partial charge on any atom is -0.444 e. The quantitative estimate of drug-likeness (QED) is 0.417. The predicted molar refractivity (Wildman–Crippen MR) is 105 cm³/mol. The van der Waals surface area contributed by atoms with Gasteiger partial charge in [0.15, 0.2) is 5.82 Å². The number of ether oxygens (including phenoxy) is 1. The summed E-state index contributed by atoms with van der Waals surface area (Å²) >= 11 is 0. The summed E-state index contributed by atoms with van der Waals surface area (Å²) in [5.41, 5.74) is 1.08. The van der Waals surface area contributed by atoms with E-state index >= 15 is 0 Å². The molecular weight excluding hydrogens is 376 g/mol. The molecule has 0 aliphatic heterocycles. The first-order chi connectivity index (χ1) is 13.8. The SMILES string of the molecule is CC(C)(C)OC(=O)NCc1noc(C(CCCC2CCCCC2)CC(=O)NO)n1. The molecule has 1 atom stereocenters. The Hall–Kier alpha value is -2.16. The summed E-state index contributed by atoms with van der Waals surface area (Å²) in [5, 5.41) is 15.3. The van der Waals surface area contributed by atoms with Gasteiger partial charge >= 0.3 is 6.09 Å². The van der Waals surface area contributed by atoms with Crippen molar-refractivity contribution in [1.82, 2.24) is 20.9 Å². The molecule has 164 valence electrons. The molecule has 0 saturated heterocycles. The Balaban J connectivity index is 1.88. The van der Waals surface area contributed by atoms with Gasteiger partial charge in [0.2, 0.25) is 11.8 Å². The van der Waals surface area contributed by atoms with Gasteiger partial charge in [0.05, 0.1) is 6.54 Å². The highest BCUT2D eigenvalue weighted by molar-refractivity contribution is 5.75. The minimum absolute atomic E-state index is 0.0689. The van der Waals surface area contributed by atoms with E-state index in [0.29, 0.717) is 11.7 Å². The Bertz CT molecular complexity index is 650. The largest absolute Gasteiger partial charge is 0.444 e. The fourth-order valence-corrected chi connectivity index (χ4v) is 3.68. The van der Waals surface area contributed by atoms with Crippen LogP contribution < -0.4 is 10.8 Å². The molecule has 0 aromatic carbocycles. The van der Waals surface area contributed by atoms with Gasteiger partial charge in [-0.25, -0.2) is 10.3 Å². The molecule has 1 heterocycles. The van der Waals surface area contributed by atoms with Gasteiger partial charge in [-0.15, -0.1) is 0 Å². The maximum absolute atomic E-state index is 11.7. The number of rotatable bonds is 9. The Morgan fingerprint density at radius 2 is 2.00 bits per heavy atom. The molecule has 2 amide bonds. The number of hydrogen-bond acceptors (Lipinski definition) is 7. The highest BCUT2D eigenvalue weighted by atomic mass is 16.6. The topological polar surface area (TPSA) is 127 Å². The third-order valence-corrected chi connectivity index (χ3v) is 5.07. The first kappa shape index (κ1) is 23.1. The van der Waals surface area contributed by atoms with Gasteiger partial charge in [0.25, 0.3) is 0 Å². The van der Waals surface area contributed by atoms with Crippen molar-refractivity contribution in [3.8, 4) is 0 Å². The molecule has 1 aromatic rings. The molecule has 29 heavy (non-hydrogen) atoms. The zero-order chi connectivity index (χ0) is 21.3. The molecule has 1 aromatic heterocycles. The summed E-state index contributed by atoms with van der Waals surface area (Å²) in [6, 6.07) is 0. The van der Waals surface area contributed by atoms with Crippen molar-refractivity contribution in [2.45, 2.75) is 96.6 Å². The standard InChI is InChI=1S/C20H34N4O5/c1-20(2,3)28-19(26)21-13-16-22-18(29-24-16)15(12-17(25)23-27)11-7-10-14-8-5-4-6-9-14/h14-15,27H,4-13H2,1-3H3,(H,21,26)(H,23,25). The predicted octanol–water partition coefficient (Wildman–Crippen LogP) is 3.82. The first-order valence-corrected chi connectivity index (χ1v) is 10.5. The van der Waals surface area contributed by atoms with Crippen molar-refractivity contribution in [2.24, 2.45) is 5.92 Å². The Morgan fingerprint density at radius 1 is 1.28 bits per heavy atom. The highest BCUT2D eigenvalue weighted by Gasteiger charge is 2.24. The van der Waals surface area contributed by atoms with E-state index < -0.39 is 17.6 Å². The molecule has 2 rings (SSSR count). The van der Waals surface area contributed by atoms with Gasteiger partial charge in [-0.05, 0) is 33.1 Å². The second-order valence-electron chi connectivity index (χ2n) is 8.78. The Labute approximate surface area is 171 Å². The third-order valence-electron chi connectivity index (χ3n) is 5.07. The van der Waals surface area contributed by atoms with Gasteiger partial charge in [0.1, 0.15) is 5.60 Å². The molecule has 1 aliphatic rings. The van der Waals surface area contributed by atoms with Gasteiger partial charge in [-0.1, -0.05) is 50.1 Å². The average molecular weight is 411 g/mol. The minimum atomic E-state index is -0.590. The van der Waals surface area contributed by atoms with E-state index in [-0.39, 0.29) is 18.9 Å². The molecule has 1 fully saturated rings. The summed E-state index contributed by atoms with van der Waals surface area (Å²) in [5.74, 6) is 0.658. The normalized spacial score (nSPS) is 16.3. The lowest BCUT2D eigenvalue weighted by Crippen LogP contribution is -2.32. The summed E-state index contributed by atoms with van der Waals surface area (Å²) in [6.45, 7) is 5.41. The molecule has 9 heteroatoms. The number of carbonyl (C=O) groups is 2. The lowest BCUT2D eigenvalue weighted by Gasteiger charge is -2.22. The number of aromatic nitrogens is 2. The van der Waals surface area contributed by atoms with Gasteiger partial charge in [-0.2, -0.15) is 4.98 Å². The van der Waals surface area contributed by atoms with Crippen LogP contribution in [0.1, 0.15) is 96.2 Å². The van der Waals surface area contributed by atoms with Crippen molar-refractivity contribution >= 4 is 12.0 Å². The van der Waals surface area contributed by atoms with Gasteiger partial charge in [-0.3, -0.25) is 10.0 Å². The summed E-state index contributed by atoms with van der Waals surface area (Å²) in [7, 11) is 0. The zero-order valence-electron chi connectivity index (χ0n) is 17.7. The fraction of sp³-hybridized carbons (Fsp3) is 0.800. The number of nitrogens with zero attached hydrogens (tertiary/aromatic N) is 2. The van der Waals surface area contributed by atoms with E-state index in [1.165, 1.54) is 32.1 Å². The molecule has 3 N–H and O–H groups in total. The zero-order valence-corrected chi connectivity index (χ0v) is 17.7. The van der Waals surface area contributed by atoms with Crippen LogP contribution in [0.25, 0.3) is 0 Å². The summed E-state index contributed by atoms with van der Waals surface area (Å²) in [6.07, 6.45) is 8.82. The number of hydroxylamine groups is 1. The van der Waals surface area contributed by atoms with Crippen LogP contribution >= 0.6 is 0 Å². The van der Waals surface area contributed by atoms with Crippen molar-refractivity contribution in [3.05, 3.63) is 11.7 Å². The van der Waals surface area contributed by atoms with Crippen LogP contribution in [-0.4, -0.2) is 32.9 Å². The van der Waals surface area contributed by atoms with Crippen molar-refractivity contribution in [2.75, 3.05) is 0 Å². The second-order valence-corrected chi connectivity index (χ2v) is 8.78. The Kier molecular flexibility index (Phi) is 8.88. The van der Waals surface area contributed by atoms with E-state index in [2.05, 4.69) is 15.5 Å². The van der Waals surface area contributed by atoms with Gasteiger partial charge < -0.3 is 14.6 Å². The first-order valence-electron chi connectivity index (χ1n) is 10.5. The molecule has 9 nitrogen and oxygen atoms in total. The summed E-state index contributed by atoms with van der Waals surface area (Å²) in [4.78, 5) is 27.8. The number of carbonyl (C=O) groups excluding carboxylic acids is 2. The third kappa shape index (κ3) is 8.81. The van der Waals surface area contributed by atoms with Crippen molar-refractivity contribution < 1.29 is 24.1 Å². The van der Waals surface area contributed by atoms with Crippen LogP contribution in [0.5, 0.6) is 0 Å². The van der Waals surface area contributed by atoms with E-state index in [1.807, 2.05) is 0 Å². The molecular formula is C20H34N4O5. The van der Waals surface area contributed by atoms with E-state index in [4.69, 9.17) is 14.5 Å². The number of nitrogens with one attached hydrogen (secondary N) is 2. The van der Waals surface area contributed by atoms with Crippen LogP contribution in [0, 0.1) is 5.92 Å². The number of hydrogen-bond donors (Lipinski definition) is 3. The number of alkyl carbamates (subject to hydrolysis) is 1. The molecule has 1 aliphatic carbocycles. The molecule has 0 bridgehead atoms. The second kappa shape index (κ2) is 11.1. The highest BCUT2D eigenvalue weighted by Crippen LogP contribution is 2.31. The van der Waals surface area contributed by atoms with Crippen LogP contribution in [0.4, 0.5) is 4.79 Å². The Morgan fingerprint density at radius 3 is 2.66 bits per heavy atom. The monoisotopic (exact) mass is 410 g/mol. The van der Waals surface area contributed by atoms with Gasteiger partial charge in [0, 0.05) is 12.3 Å². The van der Waals surface area contributed by atoms with E-state index in [0.717, 1.165) is 25.2 Å². The fourth-order valence-electron chi connectivity index (χ4n) is 3.68. The lowest BCUT2D eigenvalue weighted by molar-refractivity contribution is -0.129. The maximum Gasteiger partial charge on any atom is 0.408 e. The van der Waals surface area contributed by atoms with E-state index in [1.54, 1.807) is 26.3 Å². The van der Waals surface area contributed by atoms with Crippen LogP contribution in [0.2, 0.25) is 0 Å². The maximum atomic E-state index is 11.7. The average Bonchev–Trinajstić information content (AvgIpc) is 3.14. The smallest absolute Gasteiger partial charge is 0.408 e. The molecule has 1 unspecified atom stereocenters. The van der Waals surface area contributed by atoms with Crippen LogP contribution in [-0.2, 0) is 16.1 Å². The van der Waals surface area contributed by atoms with Crippen LogP contribution in [0.3, 0.4) is 0 Å². The van der Waals surface area contributed by atoms with Crippen LogP contribution in [0.15, 0.2) is 4.52 Å². The molecule has 0 spiro atoms. The van der Waals surface area contributed by atoms with Crippen molar-refractivity contribution in [3.63, 3.8) is 0 Å². The molecule has 1 saturated carbocycles. The number of amides is 2. The molecule has 0 radical (unpaired) electrons. The van der Waals surface area contributed by atoms with E-state index in [9.17, 15) is 9.59 Å². The van der Waals surface area contributed by atoms with Crippen molar-refractivity contribution in [1.29, 1.82) is 0 Å². The summed E-state index contributed by atoms with van der Waals surface area (Å²) < 4.78 is 10.5.